The number of rotatable bonds is 9. The van der Waals surface area contributed by atoms with Crippen molar-refractivity contribution in [3.05, 3.63) is 65.9 Å². The smallest absolute Gasteiger partial charge is 0.497 e. The van der Waals surface area contributed by atoms with Gasteiger partial charge in [-0.3, -0.25) is 14.7 Å². The molecular weight excluding hydrogens is 509 g/mol. The molecule has 9 heteroatoms. The average Bonchev–Trinajstić information content (AvgIpc) is 2.88. The number of carboxylic acid groups (broad SMARTS) is 1. The van der Waals surface area contributed by atoms with Gasteiger partial charge >= 0.3 is 12.3 Å². The number of alkyl halides is 3. The summed E-state index contributed by atoms with van der Waals surface area (Å²) in [6.07, 6.45) is 0.769. The first-order valence-corrected chi connectivity index (χ1v) is 12.9. The van der Waals surface area contributed by atoms with Crippen LogP contribution in [0.4, 0.5) is 13.2 Å². The predicted octanol–water partition coefficient (Wildman–Crippen LogP) is 5.93. The fraction of sp³-hybridized carbons (Fsp3) is 0.400. The van der Waals surface area contributed by atoms with Crippen molar-refractivity contribution < 1.29 is 32.5 Å². The molecule has 2 heterocycles. The van der Waals surface area contributed by atoms with Crippen LogP contribution >= 0.6 is 0 Å². The van der Waals surface area contributed by atoms with E-state index in [9.17, 15) is 23.1 Å². The Morgan fingerprint density at radius 1 is 1.15 bits per heavy atom. The molecule has 1 aliphatic rings. The van der Waals surface area contributed by atoms with Crippen LogP contribution in [0.1, 0.15) is 36.8 Å². The number of benzene rings is 2. The largest absolute Gasteiger partial charge is 0.573 e. The summed E-state index contributed by atoms with van der Waals surface area (Å²) in [5, 5.41) is 10.6. The summed E-state index contributed by atoms with van der Waals surface area (Å²) in [4.78, 5) is 18.2. The zero-order valence-corrected chi connectivity index (χ0v) is 21.7. The summed E-state index contributed by atoms with van der Waals surface area (Å²) >= 11 is 0. The van der Waals surface area contributed by atoms with Gasteiger partial charge in [-0.1, -0.05) is 17.9 Å². The molecule has 0 unspecified atom stereocenters. The number of pyridine rings is 1. The van der Waals surface area contributed by atoms with Crippen LogP contribution in [-0.2, 0) is 11.2 Å². The van der Waals surface area contributed by atoms with E-state index in [-0.39, 0.29) is 18.1 Å². The maximum Gasteiger partial charge on any atom is 0.573 e. The minimum Gasteiger partial charge on any atom is -0.497 e. The number of aryl methyl sites for hydroxylation is 1. The lowest BCUT2D eigenvalue weighted by Gasteiger charge is -2.37. The van der Waals surface area contributed by atoms with Crippen molar-refractivity contribution >= 4 is 16.9 Å². The third-order valence-corrected chi connectivity index (χ3v) is 7.08. The van der Waals surface area contributed by atoms with Crippen molar-refractivity contribution in [2.75, 3.05) is 26.7 Å². The Hall–Kier alpha value is -3.77. The molecule has 0 saturated carbocycles. The fourth-order valence-electron chi connectivity index (χ4n) is 5.24. The van der Waals surface area contributed by atoms with Gasteiger partial charge in [0.1, 0.15) is 11.5 Å². The summed E-state index contributed by atoms with van der Waals surface area (Å²) in [5.41, 5.74) is 2.55. The number of ether oxygens (including phenoxy) is 2. The minimum absolute atomic E-state index is 0.0100. The molecule has 3 aromatic rings. The van der Waals surface area contributed by atoms with Gasteiger partial charge in [0, 0.05) is 30.1 Å². The van der Waals surface area contributed by atoms with Crippen LogP contribution in [-0.4, -0.2) is 54.1 Å². The van der Waals surface area contributed by atoms with Gasteiger partial charge < -0.3 is 14.6 Å². The van der Waals surface area contributed by atoms with Crippen LogP contribution in [0.25, 0.3) is 10.9 Å². The van der Waals surface area contributed by atoms with Gasteiger partial charge in [0.05, 0.1) is 19.2 Å². The summed E-state index contributed by atoms with van der Waals surface area (Å²) in [6.45, 7) is 1.83. The van der Waals surface area contributed by atoms with Gasteiger partial charge in [0.15, 0.2) is 0 Å². The fourth-order valence-corrected chi connectivity index (χ4v) is 5.24. The highest BCUT2D eigenvalue weighted by molar-refractivity contribution is 5.83. The van der Waals surface area contributed by atoms with Crippen LogP contribution in [0, 0.1) is 23.7 Å². The van der Waals surface area contributed by atoms with Crippen molar-refractivity contribution in [3.8, 4) is 23.3 Å². The monoisotopic (exact) mass is 540 g/mol. The third kappa shape index (κ3) is 8.36. The number of aliphatic carboxylic acids is 1. The number of hydrogen-bond acceptors (Lipinski definition) is 5. The number of likely N-dealkylation sites (tertiary alicyclic amines) is 1. The van der Waals surface area contributed by atoms with Crippen molar-refractivity contribution in [2.45, 2.75) is 38.5 Å². The topological polar surface area (TPSA) is 71.9 Å². The lowest BCUT2D eigenvalue weighted by Crippen LogP contribution is -2.41. The summed E-state index contributed by atoms with van der Waals surface area (Å²) in [6, 6.07) is 13.4. The molecule has 0 radical (unpaired) electrons. The maximum atomic E-state index is 12.5. The molecule has 0 aliphatic carbocycles. The second kappa shape index (κ2) is 12.9. The summed E-state index contributed by atoms with van der Waals surface area (Å²) in [5.74, 6) is 5.88. The number of fused-ring (bicyclic) bond motifs is 1. The molecule has 4 rings (SSSR count). The molecule has 39 heavy (non-hydrogen) atoms. The molecule has 1 fully saturated rings. The van der Waals surface area contributed by atoms with E-state index in [0.717, 1.165) is 48.9 Å². The van der Waals surface area contributed by atoms with Crippen LogP contribution in [0.2, 0.25) is 0 Å². The van der Waals surface area contributed by atoms with E-state index in [0.29, 0.717) is 24.6 Å². The lowest BCUT2D eigenvalue weighted by molar-refractivity contribution is -0.274. The lowest BCUT2D eigenvalue weighted by atomic mass is 9.80. The molecular formula is C30H31F3N2O4. The SMILES string of the molecule is COc1ccc2nccc(CCC[C@@H]3CCN(CC#Cc4cccc(OC(F)(F)F)c4)C[C@@H]3CC(=O)O)c2c1. The van der Waals surface area contributed by atoms with E-state index in [4.69, 9.17) is 4.74 Å². The molecule has 2 atom stereocenters. The molecule has 0 spiro atoms. The van der Waals surface area contributed by atoms with Gasteiger partial charge in [0.2, 0.25) is 0 Å². The van der Waals surface area contributed by atoms with Crippen LogP contribution in [0.3, 0.4) is 0 Å². The number of piperidine rings is 1. The standard InChI is InChI=1S/C30H31F3N2O4/c1-38-25-10-11-28-27(19-25)23(12-14-34-28)8-3-7-22-13-16-35(20-24(22)18-29(36)37)15-4-6-21-5-2-9-26(17-21)39-30(31,32)33/h2,5,9-12,14,17,19,22,24H,3,7-8,13,15-16,18,20H2,1H3,(H,36,37)/t22-,24+/m1/s1. The number of aromatic nitrogens is 1. The van der Waals surface area contributed by atoms with E-state index in [1.807, 2.05) is 30.5 Å². The quantitative estimate of drug-likeness (QED) is 0.339. The number of nitrogens with zero attached hydrogens (tertiary/aromatic N) is 2. The van der Waals surface area contributed by atoms with E-state index in [1.165, 1.54) is 23.8 Å². The number of hydrogen-bond donors (Lipinski definition) is 1. The molecule has 0 amide bonds. The zero-order valence-electron chi connectivity index (χ0n) is 21.7. The molecule has 1 aliphatic heterocycles. The first kappa shape index (κ1) is 28.2. The van der Waals surface area contributed by atoms with E-state index < -0.39 is 12.3 Å². The number of methoxy groups -OCH3 is 1. The molecule has 1 aromatic heterocycles. The number of carboxylic acids is 1. The van der Waals surface area contributed by atoms with Crippen molar-refractivity contribution in [2.24, 2.45) is 11.8 Å². The highest BCUT2D eigenvalue weighted by Gasteiger charge is 2.31. The van der Waals surface area contributed by atoms with Crippen LogP contribution in [0.15, 0.2) is 54.7 Å². The van der Waals surface area contributed by atoms with Gasteiger partial charge in [-0.05, 0) is 92.1 Å². The summed E-state index contributed by atoms with van der Waals surface area (Å²) < 4.78 is 46.7. The average molecular weight is 541 g/mol. The zero-order chi connectivity index (χ0) is 27.8. The predicted molar refractivity (Wildman–Crippen MR) is 142 cm³/mol. The Kier molecular flexibility index (Phi) is 9.31. The Balaban J connectivity index is 1.34. The molecule has 1 saturated heterocycles. The molecule has 6 nitrogen and oxygen atoms in total. The normalized spacial score (nSPS) is 17.8. The van der Waals surface area contributed by atoms with E-state index >= 15 is 0 Å². The highest BCUT2D eigenvalue weighted by atomic mass is 19.4. The van der Waals surface area contributed by atoms with E-state index in [1.54, 1.807) is 13.2 Å². The van der Waals surface area contributed by atoms with Crippen molar-refractivity contribution in [1.29, 1.82) is 0 Å². The Morgan fingerprint density at radius 2 is 2.00 bits per heavy atom. The third-order valence-electron chi connectivity index (χ3n) is 7.08. The molecule has 0 bridgehead atoms. The Morgan fingerprint density at radius 3 is 2.77 bits per heavy atom. The van der Waals surface area contributed by atoms with Gasteiger partial charge in [-0.25, -0.2) is 0 Å². The first-order valence-electron chi connectivity index (χ1n) is 12.9. The molecule has 206 valence electrons. The van der Waals surface area contributed by atoms with Crippen molar-refractivity contribution in [1.82, 2.24) is 9.88 Å². The maximum absolute atomic E-state index is 12.5. The minimum atomic E-state index is -4.75. The highest BCUT2D eigenvalue weighted by Crippen LogP contribution is 2.31. The van der Waals surface area contributed by atoms with Gasteiger partial charge in [-0.2, -0.15) is 0 Å². The van der Waals surface area contributed by atoms with E-state index in [2.05, 4.69) is 26.5 Å². The van der Waals surface area contributed by atoms with Crippen LogP contribution in [0.5, 0.6) is 11.5 Å². The Labute approximate surface area is 225 Å². The molecule has 1 N–H and O–H groups in total. The van der Waals surface area contributed by atoms with Crippen molar-refractivity contribution in [3.63, 3.8) is 0 Å². The first-order chi connectivity index (χ1) is 18.7. The molecule has 2 aromatic carbocycles. The van der Waals surface area contributed by atoms with Gasteiger partial charge in [-0.15, -0.1) is 13.2 Å². The number of carbonyl (C=O) groups is 1. The number of halogens is 3. The second-order valence-electron chi connectivity index (χ2n) is 9.76. The van der Waals surface area contributed by atoms with Gasteiger partial charge in [0.25, 0.3) is 0 Å². The second-order valence-corrected chi connectivity index (χ2v) is 9.76. The summed E-state index contributed by atoms with van der Waals surface area (Å²) in [7, 11) is 1.64. The Bertz CT molecular complexity index is 1350. The van der Waals surface area contributed by atoms with Crippen LogP contribution < -0.4 is 9.47 Å².